The van der Waals surface area contributed by atoms with Crippen molar-refractivity contribution < 1.29 is 4.39 Å². The van der Waals surface area contributed by atoms with Gasteiger partial charge in [0.05, 0.1) is 0 Å². The lowest BCUT2D eigenvalue weighted by molar-refractivity contribution is 0.577. The number of hydrogen-bond donors (Lipinski definition) is 2. The first kappa shape index (κ1) is 12.4. The van der Waals surface area contributed by atoms with Crippen LogP contribution in [0.1, 0.15) is 12.5 Å². The molecule has 0 spiro atoms. The van der Waals surface area contributed by atoms with Crippen LogP contribution in [0.3, 0.4) is 0 Å². The standard InChI is InChI=1S/C11H16ClFN2/c1-2-14-5-6-15-8-9-3-4-10(12)7-11(9)13/h3-4,7,14-15H,2,5-6,8H2,1H3. The summed E-state index contributed by atoms with van der Waals surface area (Å²) >= 11 is 5.65. The third-order valence-corrected chi connectivity index (χ3v) is 2.29. The van der Waals surface area contributed by atoms with Crippen LogP contribution in [0.5, 0.6) is 0 Å². The fourth-order valence-electron chi connectivity index (χ4n) is 1.24. The van der Waals surface area contributed by atoms with E-state index in [4.69, 9.17) is 11.6 Å². The molecule has 0 unspecified atom stereocenters. The van der Waals surface area contributed by atoms with Gasteiger partial charge in [0, 0.05) is 30.2 Å². The second-order valence-corrected chi connectivity index (χ2v) is 3.70. The van der Waals surface area contributed by atoms with Crippen molar-refractivity contribution in [3.05, 3.63) is 34.6 Å². The highest BCUT2D eigenvalue weighted by Crippen LogP contribution is 2.14. The Morgan fingerprint density at radius 2 is 2.00 bits per heavy atom. The normalized spacial score (nSPS) is 10.6. The first-order chi connectivity index (χ1) is 7.24. The minimum absolute atomic E-state index is 0.251. The molecule has 0 aromatic heterocycles. The number of nitrogens with one attached hydrogen (secondary N) is 2. The van der Waals surface area contributed by atoms with Gasteiger partial charge >= 0.3 is 0 Å². The van der Waals surface area contributed by atoms with Gasteiger partial charge in [0.2, 0.25) is 0 Å². The number of likely N-dealkylation sites (N-methyl/N-ethyl adjacent to an activating group) is 1. The lowest BCUT2D eigenvalue weighted by Crippen LogP contribution is -2.27. The number of rotatable bonds is 6. The molecule has 0 saturated heterocycles. The summed E-state index contributed by atoms with van der Waals surface area (Å²) in [5, 5.41) is 6.77. The van der Waals surface area contributed by atoms with E-state index in [9.17, 15) is 4.39 Å². The van der Waals surface area contributed by atoms with Crippen molar-refractivity contribution in [1.82, 2.24) is 10.6 Å². The van der Waals surface area contributed by atoms with Crippen molar-refractivity contribution in [2.24, 2.45) is 0 Å². The Balaban J connectivity index is 2.31. The summed E-state index contributed by atoms with van der Waals surface area (Å²) in [5.74, 6) is -0.251. The van der Waals surface area contributed by atoms with E-state index < -0.39 is 0 Å². The SMILES string of the molecule is CCNCCNCc1ccc(Cl)cc1F. The maximum absolute atomic E-state index is 13.3. The van der Waals surface area contributed by atoms with Crippen LogP contribution in [-0.2, 0) is 6.54 Å². The smallest absolute Gasteiger partial charge is 0.129 e. The molecule has 0 amide bonds. The largest absolute Gasteiger partial charge is 0.316 e. The predicted octanol–water partition coefficient (Wildman–Crippen LogP) is 2.18. The van der Waals surface area contributed by atoms with Crippen LogP contribution < -0.4 is 10.6 Å². The molecule has 0 heterocycles. The Hall–Kier alpha value is -0.640. The maximum Gasteiger partial charge on any atom is 0.129 e. The van der Waals surface area contributed by atoms with E-state index in [-0.39, 0.29) is 5.82 Å². The zero-order valence-electron chi connectivity index (χ0n) is 8.82. The molecule has 2 N–H and O–H groups in total. The van der Waals surface area contributed by atoms with E-state index >= 15 is 0 Å². The van der Waals surface area contributed by atoms with E-state index in [1.54, 1.807) is 12.1 Å². The van der Waals surface area contributed by atoms with Crippen molar-refractivity contribution in [1.29, 1.82) is 0 Å². The molecular formula is C11H16ClFN2. The molecule has 0 aliphatic heterocycles. The Bertz CT molecular complexity index is 305. The van der Waals surface area contributed by atoms with Crippen LogP contribution in [0.15, 0.2) is 18.2 Å². The molecular weight excluding hydrogens is 215 g/mol. The van der Waals surface area contributed by atoms with E-state index in [1.807, 2.05) is 0 Å². The van der Waals surface area contributed by atoms with E-state index in [0.717, 1.165) is 19.6 Å². The van der Waals surface area contributed by atoms with E-state index in [2.05, 4.69) is 17.6 Å². The highest BCUT2D eigenvalue weighted by atomic mass is 35.5. The molecule has 1 aromatic rings. The van der Waals surface area contributed by atoms with Crippen LogP contribution in [0, 0.1) is 5.82 Å². The van der Waals surface area contributed by atoms with Crippen LogP contribution >= 0.6 is 11.6 Å². The molecule has 0 radical (unpaired) electrons. The summed E-state index contributed by atoms with van der Waals surface area (Å²) in [6.45, 7) is 5.27. The zero-order chi connectivity index (χ0) is 11.1. The predicted molar refractivity (Wildman–Crippen MR) is 61.7 cm³/mol. The number of hydrogen-bond acceptors (Lipinski definition) is 2. The Kier molecular flexibility index (Phi) is 5.61. The van der Waals surface area contributed by atoms with Gasteiger partial charge in [-0.15, -0.1) is 0 Å². The van der Waals surface area contributed by atoms with Gasteiger partial charge in [-0.05, 0) is 18.7 Å². The minimum atomic E-state index is -0.251. The third-order valence-electron chi connectivity index (χ3n) is 2.06. The molecule has 0 fully saturated rings. The highest BCUT2D eigenvalue weighted by Gasteiger charge is 2.01. The summed E-state index contributed by atoms with van der Waals surface area (Å²) in [6.07, 6.45) is 0. The summed E-state index contributed by atoms with van der Waals surface area (Å²) in [5.41, 5.74) is 0.649. The molecule has 0 bridgehead atoms. The van der Waals surface area contributed by atoms with E-state index in [1.165, 1.54) is 6.07 Å². The van der Waals surface area contributed by atoms with Crippen LogP contribution in [0.25, 0.3) is 0 Å². The molecule has 4 heteroatoms. The second kappa shape index (κ2) is 6.77. The molecule has 2 nitrogen and oxygen atoms in total. The van der Waals surface area contributed by atoms with E-state index in [0.29, 0.717) is 17.1 Å². The lowest BCUT2D eigenvalue weighted by Gasteiger charge is -2.06. The second-order valence-electron chi connectivity index (χ2n) is 3.27. The van der Waals surface area contributed by atoms with Gasteiger partial charge in [-0.3, -0.25) is 0 Å². The molecule has 1 aromatic carbocycles. The van der Waals surface area contributed by atoms with Gasteiger partial charge in [0.25, 0.3) is 0 Å². The molecule has 0 aliphatic rings. The van der Waals surface area contributed by atoms with Crippen molar-refractivity contribution in [3.8, 4) is 0 Å². The quantitative estimate of drug-likeness (QED) is 0.732. The van der Waals surface area contributed by atoms with Crippen molar-refractivity contribution in [2.45, 2.75) is 13.5 Å². The topological polar surface area (TPSA) is 24.1 Å². The van der Waals surface area contributed by atoms with Crippen LogP contribution in [-0.4, -0.2) is 19.6 Å². The lowest BCUT2D eigenvalue weighted by atomic mass is 10.2. The van der Waals surface area contributed by atoms with Crippen molar-refractivity contribution in [2.75, 3.05) is 19.6 Å². The van der Waals surface area contributed by atoms with Gasteiger partial charge in [0.1, 0.15) is 5.82 Å². The fourth-order valence-corrected chi connectivity index (χ4v) is 1.40. The Morgan fingerprint density at radius 1 is 1.27 bits per heavy atom. The van der Waals surface area contributed by atoms with Crippen LogP contribution in [0.2, 0.25) is 5.02 Å². The fraction of sp³-hybridized carbons (Fsp3) is 0.455. The molecule has 15 heavy (non-hydrogen) atoms. The number of halogens is 2. The number of benzene rings is 1. The average Bonchev–Trinajstić information content (AvgIpc) is 2.20. The zero-order valence-corrected chi connectivity index (χ0v) is 9.57. The summed E-state index contributed by atoms with van der Waals surface area (Å²) in [6, 6.07) is 4.74. The summed E-state index contributed by atoms with van der Waals surface area (Å²) < 4.78 is 13.3. The van der Waals surface area contributed by atoms with Gasteiger partial charge in [-0.2, -0.15) is 0 Å². The highest BCUT2D eigenvalue weighted by molar-refractivity contribution is 6.30. The van der Waals surface area contributed by atoms with Crippen molar-refractivity contribution in [3.63, 3.8) is 0 Å². The third kappa shape index (κ3) is 4.60. The maximum atomic E-state index is 13.3. The first-order valence-electron chi connectivity index (χ1n) is 5.09. The molecule has 84 valence electrons. The molecule has 0 atom stereocenters. The van der Waals surface area contributed by atoms with Crippen LogP contribution in [0.4, 0.5) is 4.39 Å². The summed E-state index contributed by atoms with van der Waals surface area (Å²) in [7, 11) is 0. The van der Waals surface area contributed by atoms with Gasteiger partial charge in [-0.25, -0.2) is 4.39 Å². The van der Waals surface area contributed by atoms with Crippen molar-refractivity contribution >= 4 is 11.6 Å². The Labute approximate surface area is 94.8 Å². The average molecular weight is 231 g/mol. The Morgan fingerprint density at radius 3 is 2.67 bits per heavy atom. The molecule has 0 saturated carbocycles. The summed E-state index contributed by atoms with van der Waals surface area (Å²) in [4.78, 5) is 0. The minimum Gasteiger partial charge on any atom is -0.316 e. The van der Waals surface area contributed by atoms with Gasteiger partial charge < -0.3 is 10.6 Å². The molecule has 0 aliphatic carbocycles. The van der Waals surface area contributed by atoms with Gasteiger partial charge in [0.15, 0.2) is 0 Å². The molecule has 1 rings (SSSR count). The first-order valence-corrected chi connectivity index (χ1v) is 5.47. The van der Waals surface area contributed by atoms with Gasteiger partial charge in [-0.1, -0.05) is 24.6 Å². The monoisotopic (exact) mass is 230 g/mol.